The smallest absolute Gasteiger partial charge is 0.0936 e. The molecule has 0 saturated carbocycles. The largest absolute Gasteiger partial charge is 0.394 e. The Morgan fingerprint density at radius 2 is 2.17 bits per heavy atom. The standard InChI is InChI=1S/C9H19NO2/c1-7(2)10-4-8(3)12-9(5-10)6-11/h7-9,11H,4-6H2,1-3H3/t8-,9-/m1/s1. The second-order valence-corrected chi connectivity index (χ2v) is 3.80. The molecule has 1 N–H and O–H groups in total. The Morgan fingerprint density at radius 1 is 1.50 bits per heavy atom. The highest BCUT2D eigenvalue weighted by Crippen LogP contribution is 2.12. The number of ether oxygens (including phenoxy) is 1. The molecule has 1 saturated heterocycles. The van der Waals surface area contributed by atoms with Crippen molar-refractivity contribution in [2.45, 2.75) is 39.0 Å². The highest BCUT2D eigenvalue weighted by atomic mass is 16.5. The van der Waals surface area contributed by atoms with Crippen molar-refractivity contribution in [3.8, 4) is 0 Å². The molecule has 1 rings (SSSR count). The van der Waals surface area contributed by atoms with Gasteiger partial charge >= 0.3 is 0 Å². The number of nitrogens with zero attached hydrogens (tertiary/aromatic N) is 1. The minimum absolute atomic E-state index is 0.0103. The van der Waals surface area contributed by atoms with Gasteiger partial charge in [0.1, 0.15) is 0 Å². The Kier molecular flexibility index (Phi) is 3.50. The average molecular weight is 173 g/mol. The van der Waals surface area contributed by atoms with Crippen molar-refractivity contribution in [2.75, 3.05) is 19.7 Å². The van der Waals surface area contributed by atoms with Gasteiger partial charge in [0.25, 0.3) is 0 Å². The fourth-order valence-corrected chi connectivity index (χ4v) is 1.60. The maximum Gasteiger partial charge on any atom is 0.0936 e. The van der Waals surface area contributed by atoms with Gasteiger partial charge in [-0.3, -0.25) is 4.90 Å². The molecule has 0 aliphatic carbocycles. The lowest BCUT2D eigenvalue weighted by Crippen LogP contribution is -2.50. The van der Waals surface area contributed by atoms with Crippen molar-refractivity contribution in [3.63, 3.8) is 0 Å². The van der Waals surface area contributed by atoms with Crippen LogP contribution < -0.4 is 0 Å². The first-order valence-corrected chi connectivity index (χ1v) is 4.64. The summed E-state index contributed by atoms with van der Waals surface area (Å²) in [4.78, 5) is 2.34. The molecule has 1 fully saturated rings. The third-order valence-corrected chi connectivity index (χ3v) is 2.29. The maximum atomic E-state index is 8.96. The van der Waals surface area contributed by atoms with Crippen LogP contribution in [0.2, 0.25) is 0 Å². The van der Waals surface area contributed by atoms with Crippen LogP contribution in [-0.4, -0.2) is 48.0 Å². The van der Waals surface area contributed by atoms with E-state index in [9.17, 15) is 0 Å². The van der Waals surface area contributed by atoms with Crippen molar-refractivity contribution >= 4 is 0 Å². The van der Waals surface area contributed by atoms with Crippen LogP contribution in [-0.2, 0) is 4.74 Å². The Bertz CT molecular complexity index is 138. The molecule has 0 radical (unpaired) electrons. The summed E-state index contributed by atoms with van der Waals surface area (Å²) in [6, 6.07) is 0.547. The van der Waals surface area contributed by atoms with E-state index < -0.39 is 0 Å². The lowest BCUT2D eigenvalue weighted by atomic mass is 10.2. The van der Waals surface area contributed by atoms with Gasteiger partial charge in [-0.15, -0.1) is 0 Å². The van der Waals surface area contributed by atoms with E-state index >= 15 is 0 Å². The molecule has 1 aliphatic rings. The highest BCUT2D eigenvalue weighted by molar-refractivity contribution is 4.77. The molecular formula is C9H19NO2. The third-order valence-electron chi connectivity index (χ3n) is 2.29. The number of hydrogen-bond donors (Lipinski definition) is 1. The van der Waals surface area contributed by atoms with E-state index in [4.69, 9.17) is 9.84 Å². The molecule has 12 heavy (non-hydrogen) atoms. The van der Waals surface area contributed by atoms with Crippen LogP contribution in [0.4, 0.5) is 0 Å². The Morgan fingerprint density at radius 3 is 2.67 bits per heavy atom. The SMILES string of the molecule is CC(C)N1C[C@H](CO)O[C@H](C)C1. The summed E-state index contributed by atoms with van der Waals surface area (Å²) in [5, 5.41) is 8.96. The van der Waals surface area contributed by atoms with Crippen LogP contribution in [0.15, 0.2) is 0 Å². The third kappa shape index (κ3) is 2.44. The second-order valence-electron chi connectivity index (χ2n) is 3.80. The van der Waals surface area contributed by atoms with Gasteiger partial charge in [-0.25, -0.2) is 0 Å². The van der Waals surface area contributed by atoms with Gasteiger partial charge in [0, 0.05) is 19.1 Å². The predicted molar refractivity (Wildman–Crippen MR) is 48.1 cm³/mol. The topological polar surface area (TPSA) is 32.7 Å². The molecule has 0 amide bonds. The molecule has 0 aromatic rings. The first-order chi connectivity index (χ1) is 5.63. The van der Waals surface area contributed by atoms with Gasteiger partial charge in [0.05, 0.1) is 18.8 Å². The zero-order chi connectivity index (χ0) is 9.14. The fraction of sp³-hybridized carbons (Fsp3) is 1.00. The van der Waals surface area contributed by atoms with Gasteiger partial charge in [0.2, 0.25) is 0 Å². The summed E-state index contributed by atoms with van der Waals surface area (Å²) < 4.78 is 5.52. The monoisotopic (exact) mass is 173 g/mol. The highest BCUT2D eigenvalue weighted by Gasteiger charge is 2.25. The van der Waals surface area contributed by atoms with Crippen molar-refractivity contribution in [1.82, 2.24) is 4.90 Å². The maximum absolute atomic E-state index is 8.96. The minimum Gasteiger partial charge on any atom is -0.394 e. The number of rotatable bonds is 2. The number of hydrogen-bond acceptors (Lipinski definition) is 3. The summed E-state index contributed by atoms with van der Waals surface area (Å²) in [7, 11) is 0. The number of aliphatic hydroxyl groups excluding tert-OH is 1. The van der Waals surface area contributed by atoms with Gasteiger partial charge in [-0.2, -0.15) is 0 Å². The summed E-state index contributed by atoms with van der Waals surface area (Å²) in [5.74, 6) is 0. The fourth-order valence-electron chi connectivity index (χ4n) is 1.60. The van der Waals surface area contributed by atoms with E-state index in [1.165, 1.54) is 0 Å². The molecular weight excluding hydrogens is 154 g/mol. The van der Waals surface area contributed by atoms with Crippen LogP contribution in [0.5, 0.6) is 0 Å². The molecule has 1 aliphatic heterocycles. The number of morpholine rings is 1. The average Bonchev–Trinajstić information content (AvgIpc) is 2.03. The van der Waals surface area contributed by atoms with E-state index in [1.807, 2.05) is 0 Å². The zero-order valence-electron chi connectivity index (χ0n) is 8.16. The van der Waals surface area contributed by atoms with E-state index in [0.29, 0.717) is 6.04 Å². The Hall–Kier alpha value is -0.120. The predicted octanol–water partition coefficient (Wildman–Crippen LogP) is 0.476. The van der Waals surface area contributed by atoms with Crippen LogP contribution >= 0.6 is 0 Å². The molecule has 2 atom stereocenters. The molecule has 0 bridgehead atoms. The van der Waals surface area contributed by atoms with Crippen LogP contribution in [0.1, 0.15) is 20.8 Å². The van der Waals surface area contributed by atoms with Crippen molar-refractivity contribution in [3.05, 3.63) is 0 Å². The molecule has 0 spiro atoms. The lowest BCUT2D eigenvalue weighted by molar-refractivity contribution is -0.102. The lowest BCUT2D eigenvalue weighted by Gasteiger charge is -2.38. The van der Waals surface area contributed by atoms with Crippen molar-refractivity contribution in [2.24, 2.45) is 0 Å². The van der Waals surface area contributed by atoms with Crippen LogP contribution in [0, 0.1) is 0 Å². The molecule has 72 valence electrons. The summed E-state index contributed by atoms with van der Waals surface area (Å²) in [6.07, 6.45) is 0.259. The van der Waals surface area contributed by atoms with Crippen molar-refractivity contribution in [1.29, 1.82) is 0 Å². The molecule has 0 aromatic heterocycles. The summed E-state index contributed by atoms with van der Waals surface area (Å²) in [6.45, 7) is 8.37. The van der Waals surface area contributed by atoms with Crippen molar-refractivity contribution < 1.29 is 9.84 Å². The van der Waals surface area contributed by atoms with E-state index in [1.54, 1.807) is 0 Å². The van der Waals surface area contributed by atoms with E-state index in [-0.39, 0.29) is 18.8 Å². The zero-order valence-corrected chi connectivity index (χ0v) is 8.16. The molecule has 3 nitrogen and oxygen atoms in total. The number of aliphatic hydroxyl groups is 1. The van der Waals surface area contributed by atoms with Gasteiger partial charge in [0.15, 0.2) is 0 Å². The Labute approximate surface area is 74.3 Å². The van der Waals surface area contributed by atoms with Gasteiger partial charge in [-0.05, 0) is 20.8 Å². The van der Waals surface area contributed by atoms with Crippen LogP contribution in [0.3, 0.4) is 0 Å². The molecule has 0 unspecified atom stereocenters. The molecule has 1 heterocycles. The van der Waals surface area contributed by atoms with E-state index in [0.717, 1.165) is 13.1 Å². The minimum atomic E-state index is 0.0103. The van der Waals surface area contributed by atoms with Gasteiger partial charge in [-0.1, -0.05) is 0 Å². The quantitative estimate of drug-likeness (QED) is 0.659. The first-order valence-electron chi connectivity index (χ1n) is 4.64. The first kappa shape index (κ1) is 9.96. The Balaban J connectivity index is 2.45. The normalized spacial score (nSPS) is 32.8. The van der Waals surface area contributed by atoms with E-state index in [2.05, 4.69) is 25.7 Å². The molecule has 0 aromatic carbocycles. The second kappa shape index (κ2) is 4.21. The van der Waals surface area contributed by atoms with Gasteiger partial charge < -0.3 is 9.84 Å². The summed E-state index contributed by atoms with van der Waals surface area (Å²) in [5.41, 5.74) is 0. The van der Waals surface area contributed by atoms with Crippen LogP contribution in [0.25, 0.3) is 0 Å². The summed E-state index contributed by atoms with van der Waals surface area (Å²) >= 11 is 0. The molecule has 3 heteroatoms.